The first kappa shape index (κ1) is 43.0. The number of nitrogen functional groups attached to an aromatic ring is 1. The molecule has 2 aliphatic rings. The molecule has 0 aliphatic heterocycles. The fourth-order valence-electron chi connectivity index (χ4n) is 6.63. The molecule has 0 atom stereocenters. The van der Waals surface area contributed by atoms with E-state index in [1.807, 2.05) is 0 Å². The van der Waals surface area contributed by atoms with Gasteiger partial charge in [-0.15, -0.1) is 0 Å². The van der Waals surface area contributed by atoms with Gasteiger partial charge < -0.3 is 21.5 Å². The molecule has 0 saturated carbocycles. The molecular weight excluding hydrogens is 885 g/mol. The zero-order valence-electron chi connectivity index (χ0n) is 32.8. The predicted molar refractivity (Wildman–Crippen MR) is 234 cm³/mol. The van der Waals surface area contributed by atoms with Gasteiger partial charge in [-0.3, -0.25) is 38.9 Å². The number of nitrogens with zero attached hydrogens (tertiary/aromatic N) is 4. The number of fused-ring (bicyclic) bond motifs is 2. The van der Waals surface area contributed by atoms with E-state index >= 15 is 0 Å². The molecule has 326 valence electrons. The van der Waals surface area contributed by atoms with E-state index in [1.54, 1.807) is 54.6 Å². The Kier molecular flexibility index (Phi) is 11.2. The van der Waals surface area contributed by atoms with Crippen LogP contribution in [0.15, 0.2) is 152 Å². The molecule has 5 aromatic carbocycles. The topological polar surface area (TPSA) is 341 Å². The standard InChI is InChI=1S/C42H30N10O11S2/c43-36-33(65(61,62)63)20-30(34-35(36)38(55)27-9-5-4-8-26(27)37(34)54)44-24-14-16-29(32(19-24)64(58,59)60)47-42-49-40(45-21-6-2-1-3-7-21)48-41(50-42)46-22-10-12-23(13-11-22)51-52-25-15-17-31(53)28(18-25)39(56)57/h1-20,44,51H,43H2,(H,56,57)(H,58,59,60)(H,61,62,63)(H3,45,46,47,48,49,50)/b52-25-. The number of hydrazone groups is 1. The highest BCUT2D eigenvalue weighted by Crippen LogP contribution is 2.40. The highest BCUT2D eigenvalue weighted by atomic mass is 32.2. The van der Waals surface area contributed by atoms with Crippen LogP contribution in [0.2, 0.25) is 0 Å². The molecule has 0 amide bonds. The number of aromatic amines is 2. The summed E-state index contributed by atoms with van der Waals surface area (Å²) in [5, 5.41) is 19.2. The number of benzene rings is 5. The Hall–Kier alpha value is -8.64. The Morgan fingerprint density at radius 3 is 1.98 bits per heavy atom. The number of carboxylic acids is 1. The van der Waals surface area contributed by atoms with E-state index in [2.05, 4.69) is 46.1 Å². The minimum atomic E-state index is -5.08. The van der Waals surface area contributed by atoms with E-state index in [4.69, 9.17) is 5.73 Å². The number of aromatic nitrogens is 3. The molecule has 1 heterocycles. The van der Waals surface area contributed by atoms with Crippen LogP contribution in [-0.2, 0) is 29.8 Å². The molecule has 0 spiro atoms. The Labute approximate surface area is 366 Å². The molecule has 0 saturated heterocycles. The first-order chi connectivity index (χ1) is 30.9. The SMILES string of the molecule is Nc1c(S(=O)(=O)O)cc(Nc2ccc(N=c3[nH]c(Nc4ccc(N/N=C5/C=CC(=O)C(C(=O)O)=C5)cc4)nc(=Nc4ccccc4)[nH]3)c(S(=O)(=O)O)c2)c2c1C(=O)c1ccccc1C2=O. The monoisotopic (exact) mass is 914 g/mol. The third-order valence-electron chi connectivity index (χ3n) is 9.56. The van der Waals surface area contributed by atoms with Crippen molar-refractivity contribution in [1.29, 1.82) is 0 Å². The van der Waals surface area contributed by atoms with Crippen LogP contribution in [0.3, 0.4) is 0 Å². The van der Waals surface area contributed by atoms with Gasteiger partial charge in [0.15, 0.2) is 17.3 Å². The average molecular weight is 915 g/mol. The quantitative estimate of drug-likeness (QED) is 0.0284. The summed E-state index contributed by atoms with van der Waals surface area (Å²) in [6, 6.07) is 25.2. The second-order valence-corrected chi connectivity index (χ2v) is 16.7. The lowest BCUT2D eigenvalue weighted by atomic mass is 9.82. The number of carbonyl (C=O) groups excluding carboxylic acids is 3. The second kappa shape index (κ2) is 16.9. The lowest BCUT2D eigenvalue weighted by Crippen LogP contribution is -2.28. The van der Waals surface area contributed by atoms with Gasteiger partial charge in [0.1, 0.15) is 15.4 Å². The van der Waals surface area contributed by atoms with Crippen LogP contribution in [0.1, 0.15) is 31.8 Å². The number of para-hydroxylation sites is 1. The number of carboxylic acid groups (broad SMARTS) is 1. The van der Waals surface area contributed by atoms with Gasteiger partial charge in [-0.2, -0.15) is 26.9 Å². The fraction of sp³-hybridized carbons (Fsp3) is 0. The van der Waals surface area contributed by atoms with Crippen molar-refractivity contribution in [2.75, 3.05) is 21.8 Å². The zero-order valence-corrected chi connectivity index (χ0v) is 34.5. The average Bonchev–Trinajstić information content (AvgIpc) is 3.26. The number of nitrogens with two attached hydrogens (primary N) is 1. The predicted octanol–water partition coefficient (Wildman–Crippen LogP) is 4.46. The molecule has 10 N–H and O–H groups in total. The van der Waals surface area contributed by atoms with E-state index in [-0.39, 0.29) is 56.6 Å². The van der Waals surface area contributed by atoms with E-state index in [0.29, 0.717) is 17.1 Å². The molecule has 65 heavy (non-hydrogen) atoms. The molecule has 6 aromatic rings. The first-order valence-electron chi connectivity index (χ1n) is 18.7. The van der Waals surface area contributed by atoms with E-state index in [9.17, 15) is 50.2 Å². The maximum Gasteiger partial charge on any atom is 0.339 e. The van der Waals surface area contributed by atoms with Gasteiger partial charge in [0.2, 0.25) is 17.2 Å². The van der Waals surface area contributed by atoms with Crippen LogP contribution in [0, 0.1) is 0 Å². The summed E-state index contributed by atoms with van der Waals surface area (Å²) in [5.74, 6) is -3.50. The number of hydrogen-bond donors (Lipinski definition) is 9. The molecule has 23 heteroatoms. The van der Waals surface area contributed by atoms with Crippen molar-refractivity contribution in [3.8, 4) is 0 Å². The van der Waals surface area contributed by atoms with Crippen LogP contribution in [0.4, 0.5) is 45.8 Å². The summed E-state index contributed by atoms with van der Waals surface area (Å²) in [4.78, 5) is 68.0. The smallest absolute Gasteiger partial charge is 0.339 e. The second-order valence-electron chi connectivity index (χ2n) is 13.9. The molecule has 0 bridgehead atoms. The van der Waals surface area contributed by atoms with Gasteiger partial charge in [-0.05, 0) is 78.9 Å². The number of nitrogens with one attached hydrogen (secondary N) is 5. The third-order valence-corrected chi connectivity index (χ3v) is 11.3. The van der Waals surface area contributed by atoms with Crippen LogP contribution in [0.25, 0.3) is 0 Å². The molecule has 8 rings (SSSR count). The first-order valence-corrected chi connectivity index (χ1v) is 21.6. The van der Waals surface area contributed by atoms with Crippen LogP contribution in [0.5, 0.6) is 0 Å². The fourth-order valence-corrected chi connectivity index (χ4v) is 7.93. The third kappa shape index (κ3) is 9.13. The number of aliphatic carboxylic acids is 1. The number of anilines is 6. The normalized spacial score (nSPS) is 14.8. The van der Waals surface area contributed by atoms with Crippen molar-refractivity contribution in [3.63, 3.8) is 0 Å². The van der Waals surface area contributed by atoms with Crippen molar-refractivity contribution in [1.82, 2.24) is 15.0 Å². The minimum absolute atomic E-state index is 0.00615. The summed E-state index contributed by atoms with van der Waals surface area (Å²) in [5.41, 5.74) is 7.57. The van der Waals surface area contributed by atoms with E-state index in [1.165, 1.54) is 42.5 Å². The zero-order chi connectivity index (χ0) is 46.2. The minimum Gasteiger partial charge on any atom is -0.478 e. The van der Waals surface area contributed by atoms with Gasteiger partial charge in [-0.25, -0.2) is 14.8 Å². The van der Waals surface area contributed by atoms with Gasteiger partial charge in [0.05, 0.1) is 45.3 Å². The number of carbonyl (C=O) groups is 4. The highest BCUT2D eigenvalue weighted by molar-refractivity contribution is 7.86. The lowest BCUT2D eigenvalue weighted by Gasteiger charge is -2.23. The van der Waals surface area contributed by atoms with Gasteiger partial charge >= 0.3 is 5.97 Å². The lowest BCUT2D eigenvalue weighted by molar-refractivity contribution is -0.134. The van der Waals surface area contributed by atoms with Crippen LogP contribution >= 0.6 is 0 Å². The van der Waals surface area contributed by atoms with Crippen molar-refractivity contribution in [3.05, 3.63) is 160 Å². The Morgan fingerprint density at radius 1 is 0.692 bits per heavy atom. The molecule has 0 radical (unpaired) electrons. The Morgan fingerprint density at radius 2 is 1.32 bits per heavy atom. The largest absolute Gasteiger partial charge is 0.478 e. The summed E-state index contributed by atoms with van der Waals surface area (Å²) >= 11 is 0. The maximum atomic E-state index is 13.8. The molecule has 0 fully saturated rings. The van der Waals surface area contributed by atoms with Crippen molar-refractivity contribution >= 4 is 95.0 Å². The maximum absolute atomic E-state index is 13.8. The Balaban J connectivity index is 1.16. The molecule has 1 aromatic heterocycles. The summed E-state index contributed by atoms with van der Waals surface area (Å²) in [7, 11) is -10.2. The number of hydrogen-bond acceptors (Lipinski definition) is 16. The van der Waals surface area contributed by atoms with Crippen LogP contribution in [-0.4, -0.2) is 75.0 Å². The molecule has 2 aliphatic carbocycles. The number of allylic oxidation sites excluding steroid dienone is 3. The number of rotatable bonds is 11. The summed E-state index contributed by atoms with van der Waals surface area (Å²) < 4.78 is 71.1. The van der Waals surface area contributed by atoms with E-state index < -0.39 is 70.2 Å². The molecular formula is C42H30N10O11S2. The van der Waals surface area contributed by atoms with E-state index in [0.717, 1.165) is 24.3 Å². The van der Waals surface area contributed by atoms with Gasteiger partial charge in [0, 0.05) is 22.5 Å². The summed E-state index contributed by atoms with van der Waals surface area (Å²) in [6.07, 6.45) is 3.60. The molecule has 21 nitrogen and oxygen atoms in total. The van der Waals surface area contributed by atoms with Gasteiger partial charge in [-0.1, -0.05) is 42.5 Å². The van der Waals surface area contributed by atoms with Crippen molar-refractivity contribution < 1.29 is 50.2 Å². The number of H-pyrrole nitrogens is 2. The molecule has 0 unspecified atom stereocenters. The van der Waals surface area contributed by atoms with Crippen LogP contribution < -0.4 is 33.0 Å². The van der Waals surface area contributed by atoms with Crippen molar-refractivity contribution in [2.24, 2.45) is 15.1 Å². The number of ketones is 3. The highest BCUT2D eigenvalue weighted by Gasteiger charge is 2.36. The Bertz CT molecular complexity index is 3510. The van der Waals surface area contributed by atoms with Crippen molar-refractivity contribution in [2.45, 2.75) is 9.79 Å². The summed E-state index contributed by atoms with van der Waals surface area (Å²) in [6.45, 7) is 0. The van der Waals surface area contributed by atoms with Gasteiger partial charge in [0.25, 0.3) is 20.2 Å².